The standard InChI is InChI=1S/C18H35NO2/c1-7-19(12-14(4)5)18(20)21-17-10-15(6)9-16(11-17)8-13(2)3/h13-17H,7-12H2,1-6H3. The van der Waals surface area contributed by atoms with Crippen LogP contribution in [-0.2, 0) is 4.74 Å². The van der Waals surface area contributed by atoms with Crippen LogP contribution in [-0.4, -0.2) is 30.2 Å². The van der Waals surface area contributed by atoms with Gasteiger partial charge in [-0.05, 0) is 56.3 Å². The number of rotatable bonds is 6. The molecule has 1 fully saturated rings. The second-order valence-corrected chi connectivity index (χ2v) is 7.75. The molecule has 21 heavy (non-hydrogen) atoms. The number of hydrogen-bond donors (Lipinski definition) is 0. The highest BCUT2D eigenvalue weighted by Crippen LogP contribution is 2.34. The van der Waals surface area contributed by atoms with Crippen LogP contribution in [0.5, 0.6) is 0 Å². The van der Waals surface area contributed by atoms with Gasteiger partial charge < -0.3 is 9.64 Å². The zero-order valence-corrected chi connectivity index (χ0v) is 14.9. The van der Waals surface area contributed by atoms with E-state index in [9.17, 15) is 4.79 Å². The quantitative estimate of drug-likeness (QED) is 0.694. The molecule has 0 N–H and O–H groups in total. The first-order chi connectivity index (χ1) is 9.81. The van der Waals surface area contributed by atoms with E-state index in [1.807, 2.05) is 11.8 Å². The minimum atomic E-state index is -0.117. The van der Waals surface area contributed by atoms with E-state index in [1.165, 1.54) is 12.8 Å². The lowest BCUT2D eigenvalue weighted by atomic mass is 9.77. The third kappa shape index (κ3) is 6.71. The van der Waals surface area contributed by atoms with E-state index in [1.54, 1.807) is 0 Å². The molecular formula is C18H35NO2. The van der Waals surface area contributed by atoms with E-state index in [-0.39, 0.29) is 12.2 Å². The van der Waals surface area contributed by atoms with Gasteiger partial charge in [-0.2, -0.15) is 0 Å². The molecule has 0 heterocycles. The average Bonchev–Trinajstić information content (AvgIpc) is 2.33. The summed E-state index contributed by atoms with van der Waals surface area (Å²) < 4.78 is 5.81. The zero-order valence-electron chi connectivity index (χ0n) is 14.9. The molecule has 0 bridgehead atoms. The fourth-order valence-corrected chi connectivity index (χ4v) is 3.62. The highest BCUT2D eigenvalue weighted by molar-refractivity contribution is 5.67. The minimum Gasteiger partial charge on any atom is -0.446 e. The zero-order chi connectivity index (χ0) is 16.0. The second kappa shape index (κ2) is 8.65. The molecule has 0 radical (unpaired) electrons. The van der Waals surface area contributed by atoms with Gasteiger partial charge in [0.15, 0.2) is 0 Å². The molecule has 1 rings (SSSR count). The summed E-state index contributed by atoms with van der Waals surface area (Å²) in [4.78, 5) is 14.2. The second-order valence-electron chi connectivity index (χ2n) is 7.75. The van der Waals surface area contributed by atoms with E-state index in [2.05, 4.69) is 34.6 Å². The fourth-order valence-electron chi connectivity index (χ4n) is 3.62. The van der Waals surface area contributed by atoms with Crippen LogP contribution >= 0.6 is 0 Å². The van der Waals surface area contributed by atoms with Crippen LogP contribution in [0.2, 0.25) is 0 Å². The smallest absolute Gasteiger partial charge is 0.410 e. The largest absolute Gasteiger partial charge is 0.446 e. The number of hydrogen-bond acceptors (Lipinski definition) is 2. The maximum Gasteiger partial charge on any atom is 0.410 e. The Morgan fingerprint density at radius 2 is 1.81 bits per heavy atom. The molecule has 0 aromatic rings. The van der Waals surface area contributed by atoms with Crippen molar-refractivity contribution in [3.63, 3.8) is 0 Å². The van der Waals surface area contributed by atoms with Crippen molar-refractivity contribution in [1.29, 1.82) is 0 Å². The van der Waals surface area contributed by atoms with Crippen LogP contribution in [0, 0.1) is 23.7 Å². The van der Waals surface area contributed by atoms with Gasteiger partial charge in [0.25, 0.3) is 0 Å². The van der Waals surface area contributed by atoms with Crippen molar-refractivity contribution in [2.75, 3.05) is 13.1 Å². The van der Waals surface area contributed by atoms with Gasteiger partial charge in [-0.3, -0.25) is 0 Å². The number of carbonyl (C=O) groups excluding carboxylic acids is 1. The van der Waals surface area contributed by atoms with Crippen LogP contribution < -0.4 is 0 Å². The van der Waals surface area contributed by atoms with Crippen LogP contribution in [0.25, 0.3) is 0 Å². The Labute approximate surface area is 131 Å². The van der Waals surface area contributed by atoms with Gasteiger partial charge in [0.05, 0.1) is 0 Å². The summed E-state index contributed by atoms with van der Waals surface area (Å²) >= 11 is 0. The number of amides is 1. The van der Waals surface area contributed by atoms with Gasteiger partial charge >= 0.3 is 6.09 Å². The van der Waals surface area contributed by atoms with Gasteiger partial charge in [-0.1, -0.05) is 34.6 Å². The molecule has 1 saturated carbocycles. The summed E-state index contributed by atoms with van der Waals surface area (Å²) in [7, 11) is 0. The average molecular weight is 297 g/mol. The SMILES string of the molecule is CCN(CC(C)C)C(=O)OC1CC(C)CC(CC(C)C)C1. The summed E-state index contributed by atoms with van der Waals surface area (Å²) in [5.74, 6) is 2.59. The molecule has 1 aliphatic rings. The van der Waals surface area contributed by atoms with E-state index in [0.29, 0.717) is 17.8 Å². The Balaban J connectivity index is 2.53. The van der Waals surface area contributed by atoms with Crippen molar-refractivity contribution < 1.29 is 9.53 Å². The molecule has 0 saturated heterocycles. The fraction of sp³-hybridized carbons (Fsp3) is 0.944. The summed E-state index contributed by atoms with van der Waals surface area (Å²) in [5, 5.41) is 0. The first-order valence-corrected chi connectivity index (χ1v) is 8.77. The molecule has 124 valence electrons. The molecule has 3 nitrogen and oxygen atoms in total. The summed E-state index contributed by atoms with van der Waals surface area (Å²) in [6.45, 7) is 14.7. The Morgan fingerprint density at radius 1 is 1.14 bits per heavy atom. The summed E-state index contributed by atoms with van der Waals surface area (Å²) in [5.41, 5.74) is 0. The van der Waals surface area contributed by atoms with Crippen molar-refractivity contribution >= 4 is 6.09 Å². The lowest BCUT2D eigenvalue weighted by Gasteiger charge is -2.35. The Morgan fingerprint density at radius 3 is 2.33 bits per heavy atom. The third-order valence-electron chi connectivity index (χ3n) is 4.29. The lowest BCUT2D eigenvalue weighted by Crippen LogP contribution is -2.39. The number of ether oxygens (including phenoxy) is 1. The van der Waals surface area contributed by atoms with E-state index in [0.717, 1.165) is 31.8 Å². The van der Waals surface area contributed by atoms with Crippen LogP contribution in [0.3, 0.4) is 0 Å². The molecule has 0 aliphatic heterocycles. The summed E-state index contributed by atoms with van der Waals surface area (Å²) in [6.07, 6.45) is 4.62. The van der Waals surface area contributed by atoms with Crippen molar-refractivity contribution in [1.82, 2.24) is 4.90 Å². The van der Waals surface area contributed by atoms with E-state index >= 15 is 0 Å². The van der Waals surface area contributed by atoms with Crippen molar-refractivity contribution in [2.45, 2.75) is 73.3 Å². The van der Waals surface area contributed by atoms with Crippen LogP contribution in [0.4, 0.5) is 4.79 Å². The normalized spacial score (nSPS) is 26.2. The third-order valence-corrected chi connectivity index (χ3v) is 4.29. The Bertz CT molecular complexity index is 312. The van der Waals surface area contributed by atoms with E-state index in [4.69, 9.17) is 4.74 Å². The maximum atomic E-state index is 12.3. The molecule has 1 amide bonds. The van der Waals surface area contributed by atoms with Crippen molar-refractivity contribution in [3.8, 4) is 0 Å². The maximum absolute atomic E-state index is 12.3. The number of nitrogens with zero attached hydrogens (tertiary/aromatic N) is 1. The molecule has 3 heteroatoms. The summed E-state index contributed by atoms with van der Waals surface area (Å²) in [6, 6.07) is 0. The first-order valence-electron chi connectivity index (χ1n) is 8.77. The Kier molecular flexibility index (Phi) is 7.55. The minimum absolute atomic E-state index is 0.117. The Hall–Kier alpha value is -0.730. The van der Waals surface area contributed by atoms with Gasteiger partial charge in [0.1, 0.15) is 6.10 Å². The molecule has 3 unspecified atom stereocenters. The highest BCUT2D eigenvalue weighted by Gasteiger charge is 2.30. The molecular weight excluding hydrogens is 262 g/mol. The van der Waals surface area contributed by atoms with Gasteiger partial charge in [-0.15, -0.1) is 0 Å². The molecule has 0 aromatic heterocycles. The van der Waals surface area contributed by atoms with Gasteiger partial charge in [0, 0.05) is 13.1 Å². The predicted octanol–water partition coefficient (Wildman–Crippen LogP) is 4.95. The first kappa shape index (κ1) is 18.3. The highest BCUT2D eigenvalue weighted by atomic mass is 16.6. The molecule has 1 aliphatic carbocycles. The monoisotopic (exact) mass is 297 g/mol. The van der Waals surface area contributed by atoms with Crippen molar-refractivity contribution in [3.05, 3.63) is 0 Å². The topological polar surface area (TPSA) is 29.5 Å². The van der Waals surface area contributed by atoms with Crippen LogP contribution in [0.1, 0.15) is 67.2 Å². The van der Waals surface area contributed by atoms with Crippen LogP contribution in [0.15, 0.2) is 0 Å². The number of carbonyl (C=O) groups is 1. The van der Waals surface area contributed by atoms with Gasteiger partial charge in [-0.25, -0.2) is 4.79 Å². The predicted molar refractivity (Wildman–Crippen MR) is 88.3 cm³/mol. The molecule has 0 aromatic carbocycles. The van der Waals surface area contributed by atoms with Gasteiger partial charge in [0.2, 0.25) is 0 Å². The van der Waals surface area contributed by atoms with Crippen molar-refractivity contribution in [2.24, 2.45) is 23.7 Å². The lowest BCUT2D eigenvalue weighted by molar-refractivity contribution is 0.0178. The van der Waals surface area contributed by atoms with E-state index < -0.39 is 0 Å². The molecule has 3 atom stereocenters. The molecule has 0 spiro atoms.